The Bertz CT molecular complexity index is 599. The maximum atomic E-state index is 13.7. The minimum Gasteiger partial charge on any atom is -0.408 e. The summed E-state index contributed by atoms with van der Waals surface area (Å²) in [6.07, 6.45) is -0.342. The predicted octanol–water partition coefficient (Wildman–Crippen LogP) is 2.45. The predicted molar refractivity (Wildman–Crippen MR) is 80.4 cm³/mol. The van der Waals surface area contributed by atoms with Gasteiger partial charge in [0.1, 0.15) is 6.17 Å². The van der Waals surface area contributed by atoms with Crippen LogP contribution >= 0.6 is 11.3 Å². The molecule has 0 amide bonds. The molecule has 3 rings (SSSR count). The molecular formula is C14H19FN4OS. The molecule has 7 heteroatoms. The standard InChI is InChI=1S/C14H19FN4OS/c1-9-3-4-13(21-9)7-16-6-12-5-11(15)8-19(12)14-18-17-10(2)20-14/h3-4,11-12,16H,5-8H2,1-2H3/t11-,12-/m0/s1. The molecule has 2 atom stereocenters. The molecule has 0 unspecified atom stereocenters. The molecular weight excluding hydrogens is 291 g/mol. The van der Waals surface area contributed by atoms with E-state index in [1.165, 1.54) is 9.75 Å². The molecule has 1 N–H and O–H groups in total. The van der Waals surface area contributed by atoms with Crippen molar-refractivity contribution < 1.29 is 8.81 Å². The number of nitrogens with one attached hydrogen (secondary N) is 1. The molecule has 0 aliphatic carbocycles. The van der Waals surface area contributed by atoms with Crippen LogP contribution in [-0.2, 0) is 6.54 Å². The van der Waals surface area contributed by atoms with Crippen LogP contribution < -0.4 is 10.2 Å². The van der Waals surface area contributed by atoms with Crippen LogP contribution in [0.2, 0.25) is 0 Å². The molecule has 0 aromatic carbocycles. The number of thiophene rings is 1. The highest BCUT2D eigenvalue weighted by Crippen LogP contribution is 2.26. The number of anilines is 1. The third-order valence-corrected chi connectivity index (χ3v) is 4.60. The Morgan fingerprint density at radius 2 is 2.29 bits per heavy atom. The van der Waals surface area contributed by atoms with Gasteiger partial charge in [0.05, 0.1) is 6.54 Å². The monoisotopic (exact) mass is 310 g/mol. The maximum Gasteiger partial charge on any atom is 0.318 e. The molecule has 0 radical (unpaired) electrons. The zero-order valence-electron chi connectivity index (χ0n) is 12.2. The first-order chi connectivity index (χ1) is 10.1. The molecule has 114 valence electrons. The summed E-state index contributed by atoms with van der Waals surface area (Å²) >= 11 is 1.78. The fraction of sp³-hybridized carbons (Fsp3) is 0.571. The smallest absolute Gasteiger partial charge is 0.318 e. The van der Waals surface area contributed by atoms with Gasteiger partial charge in [0, 0.05) is 42.2 Å². The number of hydrogen-bond acceptors (Lipinski definition) is 6. The quantitative estimate of drug-likeness (QED) is 0.919. The van der Waals surface area contributed by atoms with Crippen LogP contribution in [0, 0.1) is 13.8 Å². The molecule has 1 aliphatic rings. The van der Waals surface area contributed by atoms with E-state index in [-0.39, 0.29) is 6.04 Å². The number of hydrogen-bond donors (Lipinski definition) is 1. The number of alkyl halides is 1. The molecule has 0 saturated carbocycles. The molecule has 5 nitrogen and oxygen atoms in total. The molecule has 0 bridgehead atoms. The van der Waals surface area contributed by atoms with E-state index in [4.69, 9.17) is 4.42 Å². The second-order valence-electron chi connectivity index (χ2n) is 5.39. The topological polar surface area (TPSA) is 54.2 Å². The van der Waals surface area contributed by atoms with Gasteiger partial charge in [-0.1, -0.05) is 5.10 Å². The zero-order valence-corrected chi connectivity index (χ0v) is 13.0. The van der Waals surface area contributed by atoms with E-state index < -0.39 is 6.17 Å². The maximum absolute atomic E-state index is 13.7. The SMILES string of the molecule is Cc1nnc(N2C[C@@H](F)C[C@H]2CNCc2ccc(C)s2)o1. The fourth-order valence-electron chi connectivity index (χ4n) is 2.63. The number of halogens is 1. The Morgan fingerprint density at radius 3 is 2.95 bits per heavy atom. The second kappa shape index (κ2) is 6.11. The fourth-order valence-corrected chi connectivity index (χ4v) is 3.49. The highest BCUT2D eigenvalue weighted by Gasteiger charge is 2.34. The van der Waals surface area contributed by atoms with Crippen LogP contribution in [0.5, 0.6) is 0 Å². The van der Waals surface area contributed by atoms with Crippen molar-refractivity contribution >= 4 is 17.4 Å². The number of nitrogens with zero attached hydrogens (tertiary/aromatic N) is 3. The van der Waals surface area contributed by atoms with Gasteiger partial charge in [-0.15, -0.1) is 16.4 Å². The van der Waals surface area contributed by atoms with Crippen LogP contribution in [0.15, 0.2) is 16.5 Å². The molecule has 21 heavy (non-hydrogen) atoms. The van der Waals surface area contributed by atoms with E-state index in [2.05, 4.69) is 34.6 Å². The Labute approximate surface area is 127 Å². The Kier molecular flexibility index (Phi) is 4.21. The second-order valence-corrected chi connectivity index (χ2v) is 6.76. The first kappa shape index (κ1) is 14.5. The van der Waals surface area contributed by atoms with Crippen molar-refractivity contribution in [3.05, 3.63) is 27.8 Å². The normalized spacial score (nSPS) is 22.1. The molecule has 2 aromatic heterocycles. The average Bonchev–Trinajstić information content (AvgIpc) is 3.11. The van der Waals surface area contributed by atoms with Crippen molar-refractivity contribution in [2.45, 2.75) is 39.0 Å². The van der Waals surface area contributed by atoms with Crippen molar-refractivity contribution in [2.24, 2.45) is 0 Å². The molecule has 1 saturated heterocycles. The largest absolute Gasteiger partial charge is 0.408 e. The van der Waals surface area contributed by atoms with Crippen molar-refractivity contribution in [3.63, 3.8) is 0 Å². The number of rotatable bonds is 5. The summed E-state index contributed by atoms with van der Waals surface area (Å²) in [4.78, 5) is 4.47. The Balaban J connectivity index is 1.58. The Hall–Kier alpha value is -1.47. The van der Waals surface area contributed by atoms with Crippen molar-refractivity contribution in [1.82, 2.24) is 15.5 Å². The molecule has 3 heterocycles. The van der Waals surface area contributed by atoms with Gasteiger partial charge < -0.3 is 14.6 Å². The first-order valence-corrected chi connectivity index (χ1v) is 7.90. The van der Waals surface area contributed by atoms with Crippen LogP contribution in [0.3, 0.4) is 0 Å². The zero-order chi connectivity index (χ0) is 14.8. The average molecular weight is 310 g/mol. The van der Waals surface area contributed by atoms with Gasteiger partial charge in [0.15, 0.2) is 0 Å². The number of aromatic nitrogens is 2. The van der Waals surface area contributed by atoms with Crippen LogP contribution in [-0.4, -0.2) is 35.5 Å². The summed E-state index contributed by atoms with van der Waals surface area (Å²) in [6, 6.07) is 4.72. The third-order valence-electron chi connectivity index (χ3n) is 3.60. The van der Waals surface area contributed by atoms with E-state index in [9.17, 15) is 4.39 Å². The summed E-state index contributed by atoms with van der Waals surface area (Å²) < 4.78 is 19.1. The summed E-state index contributed by atoms with van der Waals surface area (Å²) in [7, 11) is 0. The lowest BCUT2D eigenvalue weighted by molar-refractivity contribution is 0.354. The van der Waals surface area contributed by atoms with E-state index in [0.717, 1.165) is 6.54 Å². The highest BCUT2D eigenvalue weighted by atomic mass is 32.1. The van der Waals surface area contributed by atoms with Crippen molar-refractivity contribution in [3.8, 4) is 0 Å². The van der Waals surface area contributed by atoms with E-state index >= 15 is 0 Å². The van der Waals surface area contributed by atoms with E-state index in [0.29, 0.717) is 31.4 Å². The van der Waals surface area contributed by atoms with Gasteiger partial charge in [0.2, 0.25) is 5.89 Å². The molecule has 0 spiro atoms. The van der Waals surface area contributed by atoms with Crippen LogP contribution in [0.4, 0.5) is 10.4 Å². The molecule has 1 aliphatic heterocycles. The lowest BCUT2D eigenvalue weighted by Crippen LogP contribution is -2.38. The summed E-state index contributed by atoms with van der Waals surface area (Å²) in [5.41, 5.74) is 0. The van der Waals surface area contributed by atoms with Gasteiger partial charge in [0.25, 0.3) is 0 Å². The summed E-state index contributed by atoms with van der Waals surface area (Å²) in [6.45, 7) is 5.68. The summed E-state index contributed by atoms with van der Waals surface area (Å²) in [5.74, 6) is 0.507. The number of aryl methyl sites for hydroxylation is 2. The molecule has 1 fully saturated rings. The van der Waals surface area contributed by atoms with Gasteiger partial charge in [-0.05, 0) is 19.1 Å². The van der Waals surface area contributed by atoms with E-state index in [1.54, 1.807) is 18.3 Å². The van der Waals surface area contributed by atoms with Gasteiger partial charge in [-0.3, -0.25) is 0 Å². The lowest BCUT2D eigenvalue weighted by atomic mass is 10.2. The minimum absolute atomic E-state index is 0.0564. The first-order valence-electron chi connectivity index (χ1n) is 7.08. The van der Waals surface area contributed by atoms with Gasteiger partial charge in [-0.2, -0.15) is 0 Å². The lowest BCUT2D eigenvalue weighted by Gasteiger charge is -2.22. The van der Waals surface area contributed by atoms with Gasteiger partial charge >= 0.3 is 6.01 Å². The molecule has 2 aromatic rings. The van der Waals surface area contributed by atoms with Crippen LogP contribution in [0.1, 0.15) is 22.1 Å². The van der Waals surface area contributed by atoms with Crippen LogP contribution in [0.25, 0.3) is 0 Å². The minimum atomic E-state index is -0.840. The van der Waals surface area contributed by atoms with Gasteiger partial charge in [-0.25, -0.2) is 4.39 Å². The summed E-state index contributed by atoms with van der Waals surface area (Å²) in [5, 5.41) is 11.2. The highest BCUT2D eigenvalue weighted by molar-refractivity contribution is 7.11. The van der Waals surface area contributed by atoms with E-state index in [1.807, 2.05) is 4.90 Å². The third kappa shape index (κ3) is 3.41. The van der Waals surface area contributed by atoms with Crippen molar-refractivity contribution in [2.75, 3.05) is 18.0 Å². The van der Waals surface area contributed by atoms with Crippen molar-refractivity contribution in [1.29, 1.82) is 0 Å². The Morgan fingerprint density at radius 1 is 1.43 bits per heavy atom.